The monoisotopic (exact) mass is 446 g/mol. The zero-order valence-corrected chi connectivity index (χ0v) is 18.0. The van der Waals surface area contributed by atoms with Crippen LogP contribution in [0.5, 0.6) is 0 Å². The lowest BCUT2D eigenvalue weighted by molar-refractivity contribution is 0.602. The summed E-state index contributed by atoms with van der Waals surface area (Å²) in [5, 5.41) is 4.35. The fourth-order valence-electron chi connectivity index (χ4n) is 3.42. The summed E-state index contributed by atoms with van der Waals surface area (Å²) in [6, 6.07) is 19.1. The van der Waals surface area contributed by atoms with E-state index < -0.39 is 15.7 Å². The Hall–Kier alpha value is -3.84. The first-order valence-corrected chi connectivity index (χ1v) is 11.6. The highest BCUT2D eigenvalue weighted by Gasteiger charge is 2.17. The highest BCUT2D eigenvalue weighted by Crippen LogP contribution is 2.30. The van der Waals surface area contributed by atoms with Crippen LogP contribution in [0.15, 0.2) is 95.3 Å². The van der Waals surface area contributed by atoms with E-state index in [4.69, 9.17) is 0 Å². The van der Waals surface area contributed by atoms with E-state index in [0.29, 0.717) is 27.9 Å². The number of sulfone groups is 1. The number of halogens is 1. The normalized spacial score (nSPS) is 11.3. The number of rotatable bonds is 5. The van der Waals surface area contributed by atoms with E-state index in [1.807, 2.05) is 6.07 Å². The molecule has 0 spiro atoms. The fourth-order valence-corrected chi connectivity index (χ4v) is 4.05. The molecule has 0 radical (unpaired) electrons. The Morgan fingerprint density at radius 2 is 1.62 bits per heavy atom. The maximum absolute atomic E-state index is 13.6. The minimum atomic E-state index is -3.36. The van der Waals surface area contributed by atoms with Crippen LogP contribution in [0.2, 0.25) is 0 Å². The maximum atomic E-state index is 13.6. The van der Waals surface area contributed by atoms with Crippen molar-refractivity contribution in [1.29, 1.82) is 0 Å². The van der Waals surface area contributed by atoms with Crippen LogP contribution in [-0.4, -0.2) is 24.5 Å². The summed E-state index contributed by atoms with van der Waals surface area (Å²) in [7, 11) is -3.36. The van der Waals surface area contributed by atoms with Gasteiger partial charge in [0.05, 0.1) is 22.3 Å². The van der Waals surface area contributed by atoms with E-state index in [0.717, 1.165) is 11.8 Å². The average molecular weight is 447 g/mol. The van der Waals surface area contributed by atoms with Gasteiger partial charge in [-0.1, -0.05) is 49.1 Å². The van der Waals surface area contributed by atoms with Gasteiger partial charge in [-0.05, 0) is 53.1 Å². The third-order valence-electron chi connectivity index (χ3n) is 5.05. The molecule has 0 bridgehead atoms. The van der Waals surface area contributed by atoms with Crippen molar-refractivity contribution in [2.75, 3.05) is 6.26 Å². The van der Waals surface area contributed by atoms with Gasteiger partial charge in [0.1, 0.15) is 5.82 Å². The highest BCUT2D eigenvalue weighted by atomic mass is 32.2. The van der Waals surface area contributed by atoms with Gasteiger partial charge < -0.3 is 0 Å². The van der Waals surface area contributed by atoms with Crippen LogP contribution in [0.3, 0.4) is 0 Å². The average Bonchev–Trinajstić information content (AvgIpc) is 2.79. The molecule has 0 amide bonds. The Kier molecular flexibility index (Phi) is 5.59. The summed E-state index contributed by atoms with van der Waals surface area (Å²) >= 11 is 0. The molecular formula is C25H19FN2O3S. The standard InChI is InChI=1S/C25H19FN2O3S/c1-3-17-5-4-6-21(15-17)28-25(29)24(19-7-11-20(26)12-8-19)23(16-27-28)18-9-13-22(14-10-18)32(2,30)31/h3-16H,1H2,2H3. The first-order valence-electron chi connectivity index (χ1n) is 9.69. The van der Waals surface area contributed by atoms with Gasteiger partial charge in [0.15, 0.2) is 9.84 Å². The van der Waals surface area contributed by atoms with Crippen molar-refractivity contribution < 1.29 is 12.8 Å². The Morgan fingerprint density at radius 1 is 0.969 bits per heavy atom. The topological polar surface area (TPSA) is 69.0 Å². The first kappa shape index (κ1) is 21.4. The molecule has 4 aromatic rings. The van der Waals surface area contributed by atoms with Crippen LogP contribution in [-0.2, 0) is 9.84 Å². The summed E-state index contributed by atoms with van der Waals surface area (Å²) in [5.74, 6) is -0.416. The lowest BCUT2D eigenvalue weighted by atomic mass is 9.97. The third-order valence-corrected chi connectivity index (χ3v) is 6.18. The Bertz CT molecular complexity index is 1470. The van der Waals surface area contributed by atoms with Gasteiger partial charge in [0.2, 0.25) is 0 Å². The van der Waals surface area contributed by atoms with Crippen LogP contribution >= 0.6 is 0 Å². The number of benzene rings is 3. The largest absolute Gasteiger partial charge is 0.279 e. The zero-order chi connectivity index (χ0) is 22.9. The molecule has 0 fully saturated rings. The molecule has 0 saturated heterocycles. The van der Waals surface area contributed by atoms with Crippen LogP contribution in [0.1, 0.15) is 5.56 Å². The van der Waals surface area contributed by atoms with Crippen molar-refractivity contribution in [3.8, 4) is 27.9 Å². The van der Waals surface area contributed by atoms with Crippen molar-refractivity contribution in [1.82, 2.24) is 9.78 Å². The number of nitrogens with zero attached hydrogens (tertiary/aromatic N) is 2. The van der Waals surface area contributed by atoms with Crippen molar-refractivity contribution >= 4 is 15.9 Å². The molecule has 7 heteroatoms. The predicted molar refractivity (Wildman–Crippen MR) is 124 cm³/mol. The molecule has 0 N–H and O–H groups in total. The zero-order valence-electron chi connectivity index (χ0n) is 17.2. The number of hydrogen-bond donors (Lipinski definition) is 0. The van der Waals surface area contributed by atoms with E-state index in [-0.39, 0.29) is 10.5 Å². The molecule has 1 heterocycles. The second-order valence-electron chi connectivity index (χ2n) is 7.25. The van der Waals surface area contributed by atoms with Gasteiger partial charge in [-0.15, -0.1) is 0 Å². The Morgan fingerprint density at radius 3 is 2.25 bits per heavy atom. The van der Waals surface area contributed by atoms with Crippen molar-refractivity contribution in [3.05, 3.63) is 107 Å². The van der Waals surface area contributed by atoms with Crippen LogP contribution in [0, 0.1) is 5.82 Å². The fraction of sp³-hybridized carbons (Fsp3) is 0.0400. The summed E-state index contributed by atoms with van der Waals surface area (Å²) in [6.45, 7) is 3.75. The quantitative estimate of drug-likeness (QED) is 0.444. The highest BCUT2D eigenvalue weighted by molar-refractivity contribution is 7.90. The van der Waals surface area contributed by atoms with Gasteiger partial charge in [-0.3, -0.25) is 4.79 Å². The summed E-state index contributed by atoms with van der Waals surface area (Å²) in [5.41, 5.74) is 2.99. The molecule has 0 aliphatic rings. The van der Waals surface area contributed by atoms with E-state index >= 15 is 0 Å². The molecule has 0 saturated carbocycles. The van der Waals surface area contributed by atoms with Gasteiger partial charge in [-0.25, -0.2) is 12.8 Å². The third kappa shape index (κ3) is 4.15. The minimum absolute atomic E-state index is 0.173. The molecule has 160 valence electrons. The van der Waals surface area contributed by atoms with Gasteiger partial charge in [0.25, 0.3) is 5.56 Å². The van der Waals surface area contributed by atoms with E-state index in [1.54, 1.807) is 42.6 Å². The van der Waals surface area contributed by atoms with E-state index in [1.165, 1.54) is 41.1 Å². The molecular weight excluding hydrogens is 427 g/mol. The molecule has 32 heavy (non-hydrogen) atoms. The summed E-state index contributed by atoms with van der Waals surface area (Å²) in [6.07, 6.45) is 4.36. The van der Waals surface area contributed by atoms with Crippen LogP contribution in [0.4, 0.5) is 4.39 Å². The van der Waals surface area contributed by atoms with Gasteiger partial charge >= 0.3 is 0 Å². The molecule has 1 aromatic heterocycles. The predicted octanol–water partition coefficient (Wildman–Crippen LogP) is 4.75. The lowest BCUT2D eigenvalue weighted by Gasteiger charge is -2.13. The van der Waals surface area contributed by atoms with Gasteiger partial charge in [0, 0.05) is 11.8 Å². The molecule has 0 unspecified atom stereocenters. The maximum Gasteiger partial charge on any atom is 0.279 e. The van der Waals surface area contributed by atoms with Crippen molar-refractivity contribution in [3.63, 3.8) is 0 Å². The Balaban J connectivity index is 1.96. The summed E-state index contributed by atoms with van der Waals surface area (Å²) < 4.78 is 38.4. The first-order chi connectivity index (χ1) is 15.3. The molecule has 0 atom stereocenters. The lowest BCUT2D eigenvalue weighted by Crippen LogP contribution is -2.23. The smallest absolute Gasteiger partial charge is 0.267 e. The van der Waals surface area contributed by atoms with Crippen molar-refractivity contribution in [2.45, 2.75) is 4.90 Å². The van der Waals surface area contributed by atoms with Crippen molar-refractivity contribution in [2.24, 2.45) is 0 Å². The number of hydrogen-bond acceptors (Lipinski definition) is 4. The molecule has 0 aliphatic carbocycles. The second kappa shape index (κ2) is 8.36. The molecule has 3 aromatic carbocycles. The molecule has 0 aliphatic heterocycles. The number of aromatic nitrogens is 2. The minimum Gasteiger partial charge on any atom is -0.267 e. The van der Waals surface area contributed by atoms with Crippen LogP contribution in [0.25, 0.3) is 34.0 Å². The molecule has 4 rings (SSSR count). The Labute approximate surface area is 185 Å². The SMILES string of the molecule is C=Cc1cccc(-n2ncc(-c3ccc(S(C)(=O)=O)cc3)c(-c3ccc(F)cc3)c2=O)c1. The van der Waals surface area contributed by atoms with E-state index in [9.17, 15) is 17.6 Å². The van der Waals surface area contributed by atoms with Gasteiger partial charge in [-0.2, -0.15) is 9.78 Å². The second-order valence-corrected chi connectivity index (χ2v) is 9.27. The summed E-state index contributed by atoms with van der Waals surface area (Å²) in [4.78, 5) is 13.7. The van der Waals surface area contributed by atoms with E-state index in [2.05, 4.69) is 11.7 Å². The molecule has 5 nitrogen and oxygen atoms in total. The van der Waals surface area contributed by atoms with Crippen LogP contribution < -0.4 is 5.56 Å².